The fourth-order valence-electron chi connectivity index (χ4n) is 2.99. The smallest absolute Gasteiger partial charge is 0.135 e. The molecule has 0 aromatic rings. The third-order valence-corrected chi connectivity index (χ3v) is 3.82. The number of ketones is 1. The SMILES string of the molecule is CC(=O)[C@@H]1CC[C@]2(C)CC[C@@]1(C)O2. The van der Waals surface area contributed by atoms with Gasteiger partial charge in [0.15, 0.2) is 0 Å². The van der Waals surface area contributed by atoms with Crippen molar-refractivity contribution in [3.8, 4) is 0 Å². The van der Waals surface area contributed by atoms with E-state index in [4.69, 9.17) is 4.74 Å². The number of carbonyl (C=O) groups excluding carboxylic acids is 1. The van der Waals surface area contributed by atoms with Crippen LogP contribution in [-0.2, 0) is 9.53 Å². The van der Waals surface area contributed by atoms with Gasteiger partial charge in [0, 0.05) is 5.92 Å². The van der Waals surface area contributed by atoms with E-state index in [0.717, 1.165) is 25.7 Å². The molecule has 3 atom stereocenters. The topological polar surface area (TPSA) is 26.3 Å². The zero-order valence-electron chi connectivity index (χ0n) is 8.72. The lowest BCUT2D eigenvalue weighted by Crippen LogP contribution is -2.45. The maximum absolute atomic E-state index is 11.4. The summed E-state index contributed by atoms with van der Waals surface area (Å²) in [5.41, 5.74) is -0.0838. The first kappa shape index (κ1) is 9.20. The molecule has 74 valence electrons. The van der Waals surface area contributed by atoms with E-state index < -0.39 is 0 Å². The molecule has 2 saturated heterocycles. The Morgan fingerprint density at radius 3 is 2.62 bits per heavy atom. The number of hydrogen-bond donors (Lipinski definition) is 0. The Labute approximate surface area is 79.7 Å². The molecule has 0 aromatic carbocycles. The van der Waals surface area contributed by atoms with Gasteiger partial charge >= 0.3 is 0 Å². The van der Waals surface area contributed by atoms with Crippen LogP contribution in [-0.4, -0.2) is 17.0 Å². The molecule has 0 spiro atoms. The summed E-state index contributed by atoms with van der Waals surface area (Å²) in [7, 11) is 0. The predicted molar refractivity (Wildman–Crippen MR) is 50.5 cm³/mol. The first-order chi connectivity index (χ1) is 5.95. The van der Waals surface area contributed by atoms with Gasteiger partial charge < -0.3 is 4.74 Å². The van der Waals surface area contributed by atoms with Crippen LogP contribution in [0.2, 0.25) is 0 Å². The summed E-state index contributed by atoms with van der Waals surface area (Å²) in [6.07, 6.45) is 4.23. The summed E-state index contributed by atoms with van der Waals surface area (Å²) in [5.74, 6) is 0.439. The molecule has 0 radical (unpaired) electrons. The minimum Gasteiger partial charge on any atom is -0.368 e. The molecular weight excluding hydrogens is 164 g/mol. The number of ether oxygens (including phenoxy) is 1. The van der Waals surface area contributed by atoms with Crippen LogP contribution >= 0.6 is 0 Å². The zero-order valence-corrected chi connectivity index (χ0v) is 8.72. The van der Waals surface area contributed by atoms with Gasteiger partial charge in [-0.1, -0.05) is 0 Å². The first-order valence-electron chi connectivity index (χ1n) is 5.16. The van der Waals surface area contributed by atoms with Crippen molar-refractivity contribution in [3.63, 3.8) is 0 Å². The van der Waals surface area contributed by atoms with Crippen molar-refractivity contribution in [1.29, 1.82) is 0 Å². The van der Waals surface area contributed by atoms with E-state index in [1.165, 1.54) is 0 Å². The fourth-order valence-corrected chi connectivity index (χ4v) is 2.99. The molecule has 2 heteroatoms. The van der Waals surface area contributed by atoms with Crippen molar-refractivity contribution in [2.75, 3.05) is 0 Å². The summed E-state index contributed by atoms with van der Waals surface area (Å²) in [4.78, 5) is 11.4. The average molecular weight is 182 g/mol. The monoisotopic (exact) mass is 182 g/mol. The standard InChI is InChI=1S/C11H18O2/c1-8(12)9-4-5-10(2)6-7-11(9,3)13-10/h9H,4-7H2,1-3H3/t9-,10+,11+/m0/s1. The third kappa shape index (κ3) is 1.32. The highest BCUT2D eigenvalue weighted by atomic mass is 16.5. The minimum atomic E-state index is -0.154. The van der Waals surface area contributed by atoms with E-state index in [-0.39, 0.29) is 17.1 Å². The molecule has 0 aromatic heterocycles. The van der Waals surface area contributed by atoms with Crippen LogP contribution in [0.3, 0.4) is 0 Å². The Morgan fingerprint density at radius 1 is 1.31 bits per heavy atom. The van der Waals surface area contributed by atoms with E-state index in [1.54, 1.807) is 6.92 Å². The van der Waals surface area contributed by atoms with E-state index in [1.807, 2.05) is 0 Å². The number of rotatable bonds is 1. The molecule has 2 nitrogen and oxygen atoms in total. The predicted octanol–water partition coefficient (Wildman–Crippen LogP) is 2.31. The molecule has 13 heavy (non-hydrogen) atoms. The van der Waals surface area contributed by atoms with Gasteiger partial charge in [0.05, 0.1) is 11.2 Å². The van der Waals surface area contributed by atoms with Gasteiger partial charge in [0.2, 0.25) is 0 Å². The van der Waals surface area contributed by atoms with Crippen molar-refractivity contribution >= 4 is 5.78 Å². The molecule has 0 saturated carbocycles. The molecule has 2 aliphatic heterocycles. The van der Waals surface area contributed by atoms with Crippen LogP contribution in [0.25, 0.3) is 0 Å². The number of Topliss-reactive ketones (excluding diaryl/α,β-unsaturated/α-hetero) is 1. The normalized spacial score (nSPS) is 49.3. The Hall–Kier alpha value is -0.370. The van der Waals surface area contributed by atoms with Crippen LogP contribution in [0.5, 0.6) is 0 Å². The third-order valence-electron chi connectivity index (χ3n) is 3.82. The van der Waals surface area contributed by atoms with Crippen molar-refractivity contribution in [3.05, 3.63) is 0 Å². The second kappa shape index (κ2) is 2.57. The second-order valence-corrected chi connectivity index (χ2v) is 5.07. The van der Waals surface area contributed by atoms with Crippen LogP contribution in [0.4, 0.5) is 0 Å². The van der Waals surface area contributed by atoms with Crippen molar-refractivity contribution < 1.29 is 9.53 Å². The Balaban J connectivity index is 2.24. The van der Waals surface area contributed by atoms with Gasteiger partial charge in [-0.15, -0.1) is 0 Å². The highest BCUT2D eigenvalue weighted by molar-refractivity contribution is 5.79. The molecule has 0 unspecified atom stereocenters. The molecule has 2 rings (SSSR count). The fraction of sp³-hybridized carbons (Fsp3) is 0.909. The maximum Gasteiger partial charge on any atom is 0.135 e. The molecule has 0 amide bonds. The lowest BCUT2D eigenvalue weighted by molar-refractivity contribution is -0.163. The summed E-state index contributed by atoms with van der Waals surface area (Å²) >= 11 is 0. The van der Waals surface area contributed by atoms with Crippen molar-refractivity contribution in [2.24, 2.45) is 5.92 Å². The molecule has 2 heterocycles. The van der Waals surface area contributed by atoms with Gasteiger partial charge in [0.25, 0.3) is 0 Å². The quantitative estimate of drug-likeness (QED) is 0.622. The van der Waals surface area contributed by atoms with Crippen LogP contribution in [0, 0.1) is 5.92 Å². The van der Waals surface area contributed by atoms with E-state index in [9.17, 15) is 4.79 Å². The highest BCUT2D eigenvalue weighted by Gasteiger charge is 2.53. The minimum absolute atomic E-state index is 0.0701. The van der Waals surface area contributed by atoms with Gasteiger partial charge in [-0.05, 0) is 46.5 Å². The summed E-state index contributed by atoms with van der Waals surface area (Å²) in [5, 5.41) is 0. The van der Waals surface area contributed by atoms with Crippen molar-refractivity contribution in [1.82, 2.24) is 0 Å². The van der Waals surface area contributed by atoms with Gasteiger partial charge in [-0.3, -0.25) is 4.79 Å². The van der Waals surface area contributed by atoms with Crippen LogP contribution < -0.4 is 0 Å². The highest BCUT2D eigenvalue weighted by Crippen LogP contribution is 2.50. The second-order valence-electron chi connectivity index (χ2n) is 5.07. The molecular formula is C11H18O2. The number of hydrogen-bond acceptors (Lipinski definition) is 2. The lowest BCUT2D eigenvalue weighted by Gasteiger charge is -2.41. The Morgan fingerprint density at radius 2 is 2.00 bits per heavy atom. The van der Waals surface area contributed by atoms with Crippen molar-refractivity contribution in [2.45, 2.75) is 57.7 Å². The van der Waals surface area contributed by atoms with Gasteiger partial charge in [-0.25, -0.2) is 0 Å². The largest absolute Gasteiger partial charge is 0.368 e. The van der Waals surface area contributed by atoms with Crippen LogP contribution in [0.1, 0.15) is 46.5 Å². The van der Waals surface area contributed by atoms with Gasteiger partial charge in [0.1, 0.15) is 5.78 Å². The molecule has 2 aliphatic rings. The first-order valence-corrected chi connectivity index (χ1v) is 5.16. The summed E-state index contributed by atoms with van der Waals surface area (Å²) in [6, 6.07) is 0. The zero-order chi connectivity index (χ0) is 9.69. The Bertz CT molecular complexity index is 248. The Kier molecular flexibility index (Phi) is 1.82. The van der Waals surface area contributed by atoms with E-state index >= 15 is 0 Å². The summed E-state index contributed by atoms with van der Waals surface area (Å²) < 4.78 is 6.03. The van der Waals surface area contributed by atoms with Crippen LogP contribution in [0.15, 0.2) is 0 Å². The molecule has 0 aliphatic carbocycles. The van der Waals surface area contributed by atoms with E-state index in [2.05, 4.69) is 13.8 Å². The maximum atomic E-state index is 11.4. The lowest BCUT2D eigenvalue weighted by atomic mass is 9.81. The molecule has 2 fully saturated rings. The van der Waals surface area contributed by atoms with E-state index in [0.29, 0.717) is 5.78 Å². The number of carbonyl (C=O) groups is 1. The average Bonchev–Trinajstić information content (AvgIpc) is 2.22. The molecule has 2 bridgehead atoms. The van der Waals surface area contributed by atoms with Gasteiger partial charge in [-0.2, -0.15) is 0 Å². The molecule has 0 N–H and O–H groups in total. The summed E-state index contributed by atoms with van der Waals surface area (Å²) in [6.45, 7) is 5.97. The number of fused-ring (bicyclic) bond motifs is 2.